The topological polar surface area (TPSA) is 8.81 Å². The summed E-state index contributed by atoms with van der Waals surface area (Å²) in [5.41, 5.74) is 0. The van der Waals surface area contributed by atoms with Gasteiger partial charge in [0.1, 0.15) is 12.4 Å². The number of nitrogens with zero attached hydrogens (tertiary/aromatic N) is 2. The maximum Gasteiger partial charge on any atom is 0.459 e. The van der Waals surface area contributed by atoms with E-state index in [4.69, 9.17) is 0 Å². The molecular weight excluding hydrogens is 212 g/mol. The molecule has 1 rings (SSSR count). The van der Waals surface area contributed by atoms with Gasteiger partial charge in [-0.2, -0.15) is 22.1 Å². The van der Waals surface area contributed by atoms with Crippen molar-refractivity contribution in [1.29, 1.82) is 0 Å². The molecule has 0 radical (unpaired) electrons. The number of hydrogen-bond donors (Lipinski definition) is 0. The van der Waals surface area contributed by atoms with E-state index >= 15 is 0 Å². The number of aryl methyl sites for hydroxylation is 1. The molecule has 0 aliphatic rings. The minimum absolute atomic E-state index is 0.243. The quantitative estimate of drug-likeness (QED) is 0.537. The van der Waals surface area contributed by atoms with E-state index < -0.39 is 12.5 Å². The van der Waals surface area contributed by atoms with Gasteiger partial charge in [0.05, 0.1) is 6.54 Å². The van der Waals surface area contributed by atoms with E-state index in [1.165, 1.54) is 10.8 Å². The van der Waals surface area contributed by atoms with Crippen molar-refractivity contribution in [3.05, 3.63) is 18.7 Å². The van der Waals surface area contributed by atoms with Crippen molar-refractivity contribution in [1.82, 2.24) is 4.57 Å². The zero-order valence-electron chi connectivity index (χ0n) is 8.34. The van der Waals surface area contributed by atoms with E-state index in [2.05, 4.69) is 0 Å². The van der Waals surface area contributed by atoms with Gasteiger partial charge in [-0.25, -0.2) is 4.57 Å². The van der Waals surface area contributed by atoms with Crippen molar-refractivity contribution in [2.24, 2.45) is 0 Å². The molecule has 0 atom stereocenters. The van der Waals surface area contributed by atoms with Crippen LogP contribution in [0.4, 0.5) is 17.6 Å². The Kier molecular flexibility index (Phi) is 3.71. The van der Waals surface area contributed by atoms with Gasteiger partial charge < -0.3 is 0 Å². The lowest BCUT2D eigenvalue weighted by Gasteiger charge is -2.09. The molecule has 0 bridgehead atoms. The third kappa shape index (κ3) is 2.70. The zero-order chi connectivity index (χ0) is 11.5. The van der Waals surface area contributed by atoms with Crippen LogP contribution in [-0.2, 0) is 12.6 Å². The summed E-state index contributed by atoms with van der Waals surface area (Å²) >= 11 is 0. The normalized spacial score (nSPS) is 12.4. The molecule has 0 aromatic carbocycles. The molecule has 0 saturated carbocycles. The van der Waals surface area contributed by atoms with E-state index in [-0.39, 0.29) is 4.57 Å². The minimum Gasteiger partial charge on any atom is -0.237 e. The molecule has 0 saturated heterocycles. The number of unbranched alkanes of at least 4 members (excludes halogenated alkanes) is 1. The highest BCUT2D eigenvalue weighted by Crippen LogP contribution is 2.27. The van der Waals surface area contributed by atoms with Crippen molar-refractivity contribution in [3.63, 3.8) is 0 Å². The fourth-order valence-electron chi connectivity index (χ4n) is 1.16. The monoisotopic (exact) mass is 225 g/mol. The largest absolute Gasteiger partial charge is 0.459 e. The number of rotatable bonds is 5. The molecule has 1 aromatic rings. The molecule has 0 aliphatic carbocycles. The van der Waals surface area contributed by atoms with Gasteiger partial charge in [0.2, 0.25) is 6.33 Å². The summed E-state index contributed by atoms with van der Waals surface area (Å²) in [5, 5.41) is 0. The Balaban J connectivity index is 2.75. The van der Waals surface area contributed by atoms with Crippen LogP contribution in [0.1, 0.15) is 19.8 Å². The maximum absolute atomic E-state index is 12.8. The highest BCUT2D eigenvalue weighted by Gasteiger charge is 2.48. The smallest absolute Gasteiger partial charge is 0.237 e. The first-order chi connectivity index (χ1) is 6.98. The number of hydrogen-bond acceptors (Lipinski definition) is 0. The lowest BCUT2D eigenvalue weighted by Crippen LogP contribution is -2.35. The Morgan fingerprint density at radius 3 is 2.60 bits per heavy atom. The second-order valence-corrected chi connectivity index (χ2v) is 3.30. The second kappa shape index (κ2) is 4.63. The van der Waals surface area contributed by atoms with Crippen molar-refractivity contribution < 1.29 is 22.1 Å². The number of alkyl halides is 4. The Hall–Kier alpha value is -1.07. The van der Waals surface area contributed by atoms with Crippen molar-refractivity contribution in [3.8, 4) is 0 Å². The molecule has 6 heteroatoms. The molecular formula is C9H13F4N2+. The first-order valence-electron chi connectivity index (χ1n) is 4.72. The van der Waals surface area contributed by atoms with E-state index in [0.717, 1.165) is 25.4 Å². The number of aromatic nitrogens is 2. The Bertz CT molecular complexity index is 309. The number of halogens is 4. The summed E-state index contributed by atoms with van der Waals surface area (Å²) < 4.78 is 51.3. The summed E-state index contributed by atoms with van der Waals surface area (Å²) in [4.78, 5) is 0. The molecule has 0 N–H and O–H groups in total. The van der Waals surface area contributed by atoms with Crippen LogP contribution < -0.4 is 4.57 Å². The van der Waals surface area contributed by atoms with Crippen LogP contribution in [0, 0.1) is 0 Å². The Morgan fingerprint density at radius 1 is 1.40 bits per heavy atom. The van der Waals surface area contributed by atoms with Crippen molar-refractivity contribution in [2.75, 3.05) is 0 Å². The first kappa shape index (κ1) is 12.0. The second-order valence-electron chi connectivity index (χ2n) is 3.30. The van der Waals surface area contributed by atoms with Crippen molar-refractivity contribution in [2.45, 2.75) is 38.8 Å². The highest BCUT2D eigenvalue weighted by atomic mass is 19.3. The van der Waals surface area contributed by atoms with Crippen LogP contribution in [0.2, 0.25) is 0 Å². The number of imidazole rings is 1. The zero-order valence-corrected chi connectivity index (χ0v) is 8.34. The van der Waals surface area contributed by atoms with Crippen LogP contribution in [0.15, 0.2) is 18.7 Å². The standard InChI is InChI=1S/C9H13F4N2/c1-2-3-4-14-5-6-15(7-14)9(12,13)8(10)11/h5-8H,2-4H2,1H3/q+1. The first-order valence-corrected chi connectivity index (χ1v) is 4.72. The van der Waals surface area contributed by atoms with E-state index in [1.54, 1.807) is 0 Å². The third-order valence-corrected chi connectivity index (χ3v) is 2.07. The van der Waals surface area contributed by atoms with Crippen LogP contribution >= 0.6 is 0 Å². The molecule has 0 unspecified atom stereocenters. The average molecular weight is 225 g/mol. The summed E-state index contributed by atoms with van der Waals surface area (Å²) in [6, 6.07) is -4.13. The summed E-state index contributed by atoms with van der Waals surface area (Å²) in [5.74, 6) is 0. The van der Waals surface area contributed by atoms with Crippen molar-refractivity contribution >= 4 is 0 Å². The van der Waals surface area contributed by atoms with E-state index in [9.17, 15) is 17.6 Å². The summed E-state index contributed by atoms with van der Waals surface area (Å²) in [6.45, 7) is 2.52. The predicted octanol–water partition coefficient (Wildman–Crippen LogP) is 2.39. The summed E-state index contributed by atoms with van der Waals surface area (Å²) in [6.07, 6.45) is 1.39. The van der Waals surface area contributed by atoms with Gasteiger partial charge in [-0.05, 0) is 6.42 Å². The van der Waals surface area contributed by atoms with Crippen LogP contribution in [0.3, 0.4) is 0 Å². The Labute approximate surface area is 85.1 Å². The highest BCUT2D eigenvalue weighted by molar-refractivity contribution is 4.75. The van der Waals surface area contributed by atoms with Crippen LogP contribution in [0.5, 0.6) is 0 Å². The Morgan fingerprint density at radius 2 is 2.07 bits per heavy atom. The molecule has 1 heterocycles. The fourth-order valence-corrected chi connectivity index (χ4v) is 1.16. The summed E-state index contributed by atoms with van der Waals surface area (Å²) in [7, 11) is 0. The molecule has 0 amide bonds. The average Bonchev–Trinajstić information content (AvgIpc) is 2.63. The lowest BCUT2D eigenvalue weighted by molar-refractivity contribution is -0.697. The maximum atomic E-state index is 12.8. The third-order valence-electron chi connectivity index (χ3n) is 2.07. The van der Waals surface area contributed by atoms with Crippen LogP contribution in [-0.4, -0.2) is 11.0 Å². The SMILES string of the molecule is CCCC[n+]1ccn(C(F)(F)C(F)F)c1. The van der Waals surface area contributed by atoms with Gasteiger partial charge in [0, 0.05) is 0 Å². The van der Waals surface area contributed by atoms with E-state index in [0.29, 0.717) is 6.54 Å². The van der Waals surface area contributed by atoms with Gasteiger partial charge in [-0.3, -0.25) is 0 Å². The predicted molar refractivity (Wildman–Crippen MR) is 45.7 cm³/mol. The van der Waals surface area contributed by atoms with E-state index in [1.807, 2.05) is 6.92 Å². The van der Waals surface area contributed by atoms with Gasteiger partial charge in [0.25, 0.3) is 0 Å². The van der Waals surface area contributed by atoms with Gasteiger partial charge in [-0.15, -0.1) is 0 Å². The fraction of sp³-hybridized carbons (Fsp3) is 0.667. The molecule has 0 spiro atoms. The van der Waals surface area contributed by atoms with Gasteiger partial charge >= 0.3 is 12.5 Å². The molecule has 15 heavy (non-hydrogen) atoms. The minimum atomic E-state index is -4.13. The molecule has 0 fully saturated rings. The molecule has 0 aliphatic heterocycles. The van der Waals surface area contributed by atoms with Gasteiger partial charge in [-0.1, -0.05) is 13.3 Å². The van der Waals surface area contributed by atoms with Crippen LogP contribution in [0.25, 0.3) is 0 Å². The molecule has 1 aromatic heterocycles. The lowest BCUT2D eigenvalue weighted by atomic mass is 10.3. The molecule has 86 valence electrons. The molecule has 2 nitrogen and oxygen atoms in total. The van der Waals surface area contributed by atoms with Gasteiger partial charge in [0.15, 0.2) is 0 Å².